The summed E-state index contributed by atoms with van der Waals surface area (Å²) in [5.74, 6) is -1.24. The molecule has 1 aliphatic carbocycles. The van der Waals surface area contributed by atoms with Crippen molar-refractivity contribution in [3.8, 4) is 0 Å². The van der Waals surface area contributed by atoms with E-state index in [-0.39, 0.29) is 29.4 Å². The van der Waals surface area contributed by atoms with Crippen LogP contribution >= 0.6 is 0 Å². The van der Waals surface area contributed by atoms with Gasteiger partial charge in [-0.3, -0.25) is 14.9 Å². The molecule has 5 atom stereocenters. The summed E-state index contributed by atoms with van der Waals surface area (Å²) in [4.78, 5) is 38.5. The van der Waals surface area contributed by atoms with Gasteiger partial charge in [-0.2, -0.15) is 0 Å². The minimum atomic E-state index is -0.935. The number of carboxylic acid groups (broad SMARTS) is 1. The van der Waals surface area contributed by atoms with E-state index in [0.29, 0.717) is 19.4 Å². The predicted molar refractivity (Wildman–Crippen MR) is 120 cm³/mol. The van der Waals surface area contributed by atoms with Crippen LogP contribution in [0.2, 0.25) is 0 Å². The van der Waals surface area contributed by atoms with Crippen LogP contribution in [0.3, 0.4) is 0 Å². The van der Waals surface area contributed by atoms with Crippen molar-refractivity contribution < 1.29 is 24.2 Å². The number of ether oxygens (including phenoxy) is 1. The first-order valence-corrected chi connectivity index (χ1v) is 11.7. The van der Waals surface area contributed by atoms with Gasteiger partial charge in [0.2, 0.25) is 5.91 Å². The molecule has 0 radical (unpaired) electrons. The van der Waals surface area contributed by atoms with Gasteiger partial charge in [-0.05, 0) is 66.2 Å². The van der Waals surface area contributed by atoms with Crippen LogP contribution in [0.4, 0.5) is 0 Å². The van der Waals surface area contributed by atoms with Crippen molar-refractivity contribution in [3.63, 3.8) is 0 Å². The van der Waals surface area contributed by atoms with Crippen LogP contribution in [0, 0.1) is 5.92 Å². The highest BCUT2D eigenvalue weighted by Crippen LogP contribution is 2.40. The second-order valence-electron chi connectivity index (χ2n) is 9.79. The number of nitrogens with zero attached hydrogens (tertiary/aromatic N) is 1. The first-order valence-electron chi connectivity index (χ1n) is 11.7. The number of esters is 1. The highest BCUT2D eigenvalue weighted by Gasteiger charge is 2.48. The highest BCUT2D eigenvalue weighted by molar-refractivity contribution is 5.88. The summed E-state index contributed by atoms with van der Waals surface area (Å²) in [7, 11) is 0. The molecule has 1 heterocycles. The van der Waals surface area contributed by atoms with E-state index in [0.717, 1.165) is 32.1 Å². The molecule has 8 nitrogen and oxygen atoms in total. The molecule has 0 aromatic rings. The predicted octanol–water partition coefficient (Wildman–Crippen LogP) is 2.68. The van der Waals surface area contributed by atoms with E-state index in [9.17, 15) is 19.5 Å². The normalized spacial score (nSPS) is 25.0. The Morgan fingerprint density at radius 3 is 2.29 bits per heavy atom. The molecule has 1 aliphatic heterocycles. The second-order valence-corrected chi connectivity index (χ2v) is 9.79. The van der Waals surface area contributed by atoms with Crippen molar-refractivity contribution in [2.75, 3.05) is 6.61 Å². The Balaban J connectivity index is 0.000000861. The summed E-state index contributed by atoms with van der Waals surface area (Å²) in [6, 6.07) is -1.92. The van der Waals surface area contributed by atoms with Gasteiger partial charge < -0.3 is 20.5 Å². The Hall–Kier alpha value is -1.67. The number of aliphatic carboxylic acids is 1. The zero-order valence-corrected chi connectivity index (χ0v) is 20.1. The molecule has 2 aliphatic rings. The molecule has 31 heavy (non-hydrogen) atoms. The number of amides is 1. The van der Waals surface area contributed by atoms with E-state index in [1.807, 2.05) is 27.7 Å². The topological polar surface area (TPSA) is 122 Å². The zero-order chi connectivity index (χ0) is 23.8. The lowest BCUT2D eigenvalue weighted by atomic mass is 9.84. The Kier molecular flexibility index (Phi) is 10.9. The molecular formula is C23H43N3O5. The van der Waals surface area contributed by atoms with Gasteiger partial charge in [0, 0.05) is 11.6 Å². The number of fused-ring (bicyclic) bond motifs is 1. The Morgan fingerprint density at radius 2 is 1.77 bits per heavy atom. The molecule has 2 rings (SSSR count). The van der Waals surface area contributed by atoms with Crippen molar-refractivity contribution >= 4 is 17.8 Å². The third kappa shape index (κ3) is 8.77. The number of nitrogens with two attached hydrogens (primary N) is 1. The average Bonchev–Trinajstić information content (AvgIpc) is 3.05. The minimum Gasteiger partial charge on any atom is -0.480 e. The van der Waals surface area contributed by atoms with Crippen molar-refractivity contribution in [2.24, 2.45) is 11.7 Å². The van der Waals surface area contributed by atoms with Gasteiger partial charge in [0.1, 0.15) is 12.1 Å². The quantitative estimate of drug-likeness (QED) is 0.495. The summed E-state index contributed by atoms with van der Waals surface area (Å²) in [5.41, 5.74) is 5.35. The molecule has 1 saturated carbocycles. The van der Waals surface area contributed by atoms with E-state index in [4.69, 9.17) is 10.5 Å². The van der Waals surface area contributed by atoms with E-state index in [2.05, 4.69) is 5.32 Å². The maximum absolute atomic E-state index is 13.1. The molecule has 2 fully saturated rings. The smallest absolute Gasteiger partial charge is 0.326 e. The molecule has 0 aromatic carbocycles. The third-order valence-corrected chi connectivity index (χ3v) is 5.60. The fourth-order valence-corrected chi connectivity index (χ4v) is 4.39. The SMILES string of the molecule is CC(C)(C)N.CCC[C@@H](N[C@@H](C)C(=O)N1[C@@H]2CCCC[C@H]2C[C@H]1C(=O)O)C(=O)OCC. The molecule has 1 saturated heterocycles. The van der Waals surface area contributed by atoms with Crippen molar-refractivity contribution in [3.05, 3.63) is 0 Å². The van der Waals surface area contributed by atoms with E-state index >= 15 is 0 Å². The van der Waals surface area contributed by atoms with Crippen molar-refractivity contribution in [1.29, 1.82) is 0 Å². The van der Waals surface area contributed by atoms with Crippen LogP contribution in [0.1, 0.15) is 86.5 Å². The number of carbonyl (C=O) groups is 3. The number of hydrogen-bond acceptors (Lipinski definition) is 6. The largest absolute Gasteiger partial charge is 0.480 e. The number of likely N-dealkylation sites (tertiary alicyclic amines) is 1. The molecule has 180 valence electrons. The van der Waals surface area contributed by atoms with E-state index < -0.39 is 24.1 Å². The van der Waals surface area contributed by atoms with Gasteiger partial charge in [0.25, 0.3) is 0 Å². The summed E-state index contributed by atoms with van der Waals surface area (Å²) in [5, 5.41) is 12.7. The Bertz CT molecular complexity index is 599. The summed E-state index contributed by atoms with van der Waals surface area (Å²) in [6.07, 6.45) is 5.87. The molecule has 4 N–H and O–H groups in total. The van der Waals surface area contributed by atoms with Gasteiger partial charge in [-0.25, -0.2) is 4.79 Å². The van der Waals surface area contributed by atoms with Crippen LogP contribution in [0.5, 0.6) is 0 Å². The second kappa shape index (κ2) is 12.4. The highest BCUT2D eigenvalue weighted by atomic mass is 16.5. The molecular weight excluding hydrogens is 398 g/mol. The lowest BCUT2D eigenvalue weighted by Crippen LogP contribution is -2.55. The molecule has 1 amide bonds. The fraction of sp³-hybridized carbons (Fsp3) is 0.870. The van der Waals surface area contributed by atoms with Crippen LogP contribution < -0.4 is 11.1 Å². The fourth-order valence-electron chi connectivity index (χ4n) is 4.39. The Labute approximate surface area is 187 Å². The van der Waals surface area contributed by atoms with Gasteiger partial charge in [-0.1, -0.05) is 26.2 Å². The molecule has 0 aromatic heterocycles. The third-order valence-electron chi connectivity index (χ3n) is 5.60. The van der Waals surface area contributed by atoms with Gasteiger partial charge in [0.15, 0.2) is 0 Å². The number of hydrogen-bond donors (Lipinski definition) is 3. The first-order chi connectivity index (χ1) is 14.4. The van der Waals surface area contributed by atoms with Crippen molar-refractivity contribution in [1.82, 2.24) is 10.2 Å². The van der Waals surface area contributed by atoms with Gasteiger partial charge in [-0.15, -0.1) is 0 Å². The number of carbonyl (C=O) groups excluding carboxylic acids is 2. The first kappa shape index (κ1) is 27.4. The average molecular weight is 442 g/mol. The maximum Gasteiger partial charge on any atom is 0.326 e. The lowest BCUT2D eigenvalue weighted by Gasteiger charge is -2.35. The standard InChI is InChI=1S/C19H32N2O5.C4H11N/c1-4-8-14(19(25)26-5-2)20-12(3)17(22)21-15-10-7-6-9-13(15)11-16(21)18(23)24;1-4(2,3)5/h12-16,20H,4-11H2,1-3H3,(H,23,24);5H2,1-3H3/t12-,13-,14+,15+,16-;/m0./s1. The molecule has 8 heteroatoms. The molecule has 0 bridgehead atoms. The Morgan fingerprint density at radius 1 is 1.19 bits per heavy atom. The van der Waals surface area contributed by atoms with Crippen LogP contribution in [0.25, 0.3) is 0 Å². The summed E-state index contributed by atoms with van der Waals surface area (Å²) >= 11 is 0. The molecule has 0 unspecified atom stereocenters. The van der Waals surface area contributed by atoms with Crippen LogP contribution in [0.15, 0.2) is 0 Å². The zero-order valence-electron chi connectivity index (χ0n) is 20.1. The summed E-state index contributed by atoms with van der Waals surface area (Å²) in [6.45, 7) is 11.6. The lowest BCUT2D eigenvalue weighted by molar-refractivity contribution is -0.152. The monoisotopic (exact) mass is 441 g/mol. The maximum atomic E-state index is 13.1. The van der Waals surface area contributed by atoms with Crippen molar-refractivity contribution in [2.45, 2.75) is 116 Å². The number of rotatable bonds is 8. The van der Waals surface area contributed by atoms with E-state index in [1.54, 1.807) is 18.7 Å². The van der Waals surface area contributed by atoms with Crippen LogP contribution in [-0.4, -0.2) is 64.2 Å². The van der Waals surface area contributed by atoms with E-state index in [1.165, 1.54) is 0 Å². The number of nitrogens with one attached hydrogen (secondary N) is 1. The number of carboxylic acids is 1. The molecule has 0 spiro atoms. The summed E-state index contributed by atoms with van der Waals surface area (Å²) < 4.78 is 5.09. The van der Waals surface area contributed by atoms with Gasteiger partial charge >= 0.3 is 11.9 Å². The minimum absolute atomic E-state index is 0. The van der Waals surface area contributed by atoms with Gasteiger partial charge in [0.05, 0.1) is 12.6 Å². The van der Waals surface area contributed by atoms with Crippen LogP contribution in [-0.2, 0) is 19.1 Å².